The van der Waals surface area contributed by atoms with Crippen LogP contribution < -0.4 is 5.32 Å². The zero-order chi connectivity index (χ0) is 15.6. The molecule has 10 heteroatoms. The van der Waals surface area contributed by atoms with Gasteiger partial charge in [-0.2, -0.15) is 5.10 Å². The number of nitrogens with zero attached hydrogens (tertiary/aromatic N) is 2. The minimum absolute atomic E-state index is 0.0830. The summed E-state index contributed by atoms with van der Waals surface area (Å²) >= 11 is 29.5. The van der Waals surface area contributed by atoms with E-state index in [0.717, 1.165) is 0 Å². The maximum Gasteiger partial charge on any atom is 0.255 e. The summed E-state index contributed by atoms with van der Waals surface area (Å²) in [6, 6.07) is 3.62. The summed E-state index contributed by atoms with van der Waals surface area (Å²) in [6.45, 7) is 0. The predicted molar refractivity (Wildman–Crippen MR) is 83.3 cm³/mol. The minimum Gasteiger partial charge on any atom is -0.338 e. The van der Waals surface area contributed by atoms with Crippen LogP contribution in [0.5, 0.6) is 0 Å². The third-order valence-corrected chi connectivity index (χ3v) is 3.78. The van der Waals surface area contributed by atoms with Crippen LogP contribution in [0.3, 0.4) is 0 Å². The largest absolute Gasteiger partial charge is 0.338 e. The summed E-state index contributed by atoms with van der Waals surface area (Å²) < 4.78 is -1.84. The van der Waals surface area contributed by atoms with E-state index in [0.29, 0.717) is 0 Å². The highest BCUT2D eigenvalue weighted by molar-refractivity contribution is 6.68. The molecule has 1 atom stereocenters. The number of alkyl halides is 3. The Labute approximate surface area is 144 Å². The first-order valence-electron chi connectivity index (χ1n) is 5.47. The van der Waals surface area contributed by atoms with Gasteiger partial charge in [0.2, 0.25) is 3.79 Å². The molecule has 1 aromatic heterocycles. The Kier molecular flexibility index (Phi) is 5.22. The lowest BCUT2D eigenvalue weighted by atomic mass is 10.2. The second kappa shape index (κ2) is 6.58. The minimum atomic E-state index is -1.84. The Morgan fingerprint density at radius 2 is 1.86 bits per heavy atom. The Morgan fingerprint density at radius 1 is 1.24 bits per heavy atom. The van der Waals surface area contributed by atoms with Crippen molar-refractivity contribution in [1.29, 1.82) is 0 Å². The van der Waals surface area contributed by atoms with Gasteiger partial charge in [-0.3, -0.25) is 9.89 Å². The van der Waals surface area contributed by atoms with Crippen LogP contribution in [0.4, 0.5) is 0 Å². The van der Waals surface area contributed by atoms with E-state index in [1.165, 1.54) is 18.5 Å². The van der Waals surface area contributed by atoms with E-state index in [1.54, 1.807) is 6.07 Å². The van der Waals surface area contributed by atoms with Gasteiger partial charge < -0.3 is 5.32 Å². The number of carbonyl (C=O) groups excluding carboxylic acids is 1. The van der Waals surface area contributed by atoms with Gasteiger partial charge in [-0.25, -0.2) is 4.98 Å². The molecule has 5 nitrogen and oxygen atoms in total. The highest BCUT2D eigenvalue weighted by atomic mass is 35.6. The second-order valence-electron chi connectivity index (χ2n) is 3.92. The smallest absolute Gasteiger partial charge is 0.255 e. The summed E-state index contributed by atoms with van der Waals surface area (Å²) in [5, 5.41) is 9.07. The average molecular weight is 388 g/mol. The van der Waals surface area contributed by atoms with E-state index >= 15 is 0 Å². The van der Waals surface area contributed by atoms with E-state index < -0.39 is 15.7 Å². The van der Waals surface area contributed by atoms with Crippen LogP contribution in [0.1, 0.15) is 22.2 Å². The number of amides is 1. The zero-order valence-electron chi connectivity index (χ0n) is 10.1. The first kappa shape index (κ1) is 16.6. The van der Waals surface area contributed by atoms with Crippen LogP contribution in [0.25, 0.3) is 0 Å². The van der Waals surface area contributed by atoms with Crippen molar-refractivity contribution < 1.29 is 4.79 Å². The second-order valence-corrected chi connectivity index (χ2v) is 7.10. The Bertz CT molecular complexity index is 620. The summed E-state index contributed by atoms with van der Waals surface area (Å²) in [4.78, 5) is 16.2. The van der Waals surface area contributed by atoms with Crippen molar-refractivity contribution in [3.05, 3.63) is 46.0 Å². The van der Waals surface area contributed by atoms with Crippen LogP contribution in [0, 0.1) is 0 Å². The van der Waals surface area contributed by atoms with Crippen molar-refractivity contribution in [2.24, 2.45) is 0 Å². The molecule has 2 aromatic rings. The van der Waals surface area contributed by atoms with Crippen molar-refractivity contribution in [2.45, 2.75) is 9.83 Å². The molecular weight excluding hydrogens is 381 g/mol. The quantitative estimate of drug-likeness (QED) is 0.782. The highest BCUT2D eigenvalue weighted by Crippen LogP contribution is 2.39. The van der Waals surface area contributed by atoms with E-state index in [9.17, 15) is 4.79 Å². The lowest BCUT2D eigenvalue weighted by molar-refractivity contribution is 0.0935. The molecule has 0 saturated carbocycles. The monoisotopic (exact) mass is 386 g/mol. The van der Waals surface area contributed by atoms with Crippen molar-refractivity contribution in [3.8, 4) is 0 Å². The van der Waals surface area contributed by atoms with Crippen LogP contribution in [-0.2, 0) is 0 Å². The normalized spacial score (nSPS) is 13.0. The van der Waals surface area contributed by atoms with Gasteiger partial charge in [-0.15, -0.1) is 0 Å². The summed E-state index contributed by atoms with van der Waals surface area (Å²) in [7, 11) is 0. The van der Waals surface area contributed by atoms with E-state index in [4.69, 9.17) is 58.0 Å². The van der Waals surface area contributed by atoms with Gasteiger partial charge in [-0.05, 0) is 12.1 Å². The average Bonchev–Trinajstić information content (AvgIpc) is 2.87. The molecule has 2 N–H and O–H groups in total. The number of carbonyl (C=O) groups is 1. The van der Waals surface area contributed by atoms with Crippen molar-refractivity contribution in [3.63, 3.8) is 0 Å². The maximum atomic E-state index is 12.3. The number of aromatic amines is 1. The third kappa shape index (κ3) is 3.93. The SMILES string of the molecule is O=C(NC(c1ncn[nH]1)C(Cl)(Cl)Cl)c1c(Cl)cccc1Cl. The molecule has 0 bridgehead atoms. The highest BCUT2D eigenvalue weighted by Gasteiger charge is 2.38. The first-order valence-corrected chi connectivity index (χ1v) is 7.36. The number of halogens is 5. The fourth-order valence-electron chi connectivity index (χ4n) is 1.58. The summed E-state index contributed by atoms with van der Waals surface area (Å²) in [5.41, 5.74) is 0.0830. The molecule has 0 fully saturated rings. The van der Waals surface area contributed by atoms with Crippen LogP contribution >= 0.6 is 58.0 Å². The van der Waals surface area contributed by atoms with Gasteiger partial charge in [0.15, 0.2) is 5.82 Å². The van der Waals surface area contributed by atoms with E-state index in [2.05, 4.69) is 20.5 Å². The molecule has 1 amide bonds. The molecule has 0 aliphatic heterocycles. The molecule has 1 unspecified atom stereocenters. The molecule has 0 saturated heterocycles. The van der Waals surface area contributed by atoms with Crippen molar-refractivity contribution in [1.82, 2.24) is 20.5 Å². The molecule has 1 heterocycles. The third-order valence-electron chi connectivity index (χ3n) is 2.50. The predicted octanol–water partition coefficient (Wildman–Crippen LogP) is 3.95. The Balaban J connectivity index is 2.32. The number of H-pyrrole nitrogens is 1. The zero-order valence-corrected chi connectivity index (χ0v) is 13.9. The molecule has 0 radical (unpaired) electrons. The van der Waals surface area contributed by atoms with Gasteiger partial charge in [0, 0.05) is 0 Å². The fourth-order valence-corrected chi connectivity index (χ4v) is 2.62. The van der Waals surface area contributed by atoms with Gasteiger partial charge >= 0.3 is 0 Å². The number of aromatic nitrogens is 3. The molecular formula is C11H7Cl5N4O. The van der Waals surface area contributed by atoms with E-state index in [-0.39, 0.29) is 21.4 Å². The Hall–Kier alpha value is -0.720. The Morgan fingerprint density at radius 3 is 2.33 bits per heavy atom. The van der Waals surface area contributed by atoms with Gasteiger partial charge in [0.25, 0.3) is 5.91 Å². The van der Waals surface area contributed by atoms with E-state index in [1.807, 2.05) is 0 Å². The standard InChI is InChI=1S/C11H7Cl5N4O/c12-5-2-1-3-6(13)7(5)10(21)19-8(11(14,15)16)9-17-4-18-20-9/h1-4,8H,(H,19,21)(H,17,18,20). The van der Waals surface area contributed by atoms with Crippen molar-refractivity contribution in [2.75, 3.05) is 0 Å². The fraction of sp³-hybridized carbons (Fsp3) is 0.182. The number of nitrogens with one attached hydrogen (secondary N) is 2. The molecule has 21 heavy (non-hydrogen) atoms. The van der Waals surface area contributed by atoms with Gasteiger partial charge in [-0.1, -0.05) is 64.1 Å². The lowest BCUT2D eigenvalue weighted by Gasteiger charge is -2.23. The summed E-state index contributed by atoms with van der Waals surface area (Å²) in [6.07, 6.45) is 1.23. The maximum absolute atomic E-state index is 12.3. The number of hydrogen-bond acceptors (Lipinski definition) is 3. The van der Waals surface area contributed by atoms with Crippen molar-refractivity contribution >= 4 is 63.9 Å². The number of hydrogen-bond donors (Lipinski definition) is 2. The summed E-state index contributed by atoms with van der Waals surface area (Å²) in [5.74, 6) is -0.412. The first-order chi connectivity index (χ1) is 9.80. The van der Waals surface area contributed by atoms with Crippen LogP contribution in [0.2, 0.25) is 10.0 Å². The molecule has 112 valence electrons. The van der Waals surface area contributed by atoms with Gasteiger partial charge in [0.05, 0.1) is 15.6 Å². The molecule has 1 aromatic carbocycles. The molecule has 2 rings (SSSR count). The molecule has 0 spiro atoms. The van der Waals surface area contributed by atoms with Crippen LogP contribution in [0.15, 0.2) is 24.5 Å². The lowest BCUT2D eigenvalue weighted by Crippen LogP contribution is -2.37. The molecule has 0 aliphatic rings. The number of benzene rings is 1. The topological polar surface area (TPSA) is 70.7 Å². The van der Waals surface area contributed by atoms with Crippen LogP contribution in [-0.4, -0.2) is 24.9 Å². The van der Waals surface area contributed by atoms with Gasteiger partial charge in [0.1, 0.15) is 12.4 Å². The molecule has 0 aliphatic carbocycles. The number of rotatable bonds is 3.